The molecule has 1 aromatic carbocycles. The van der Waals surface area contributed by atoms with E-state index in [1.165, 1.54) is 12.8 Å². The minimum atomic E-state index is 0.179. The Balaban J connectivity index is 1.93. The molecular weight excluding hydrogens is 312 g/mol. The van der Waals surface area contributed by atoms with Gasteiger partial charge in [0.1, 0.15) is 5.75 Å². The minimum absolute atomic E-state index is 0.179. The van der Waals surface area contributed by atoms with Gasteiger partial charge in [-0.25, -0.2) is 0 Å². The molecule has 1 saturated heterocycles. The highest BCUT2D eigenvalue weighted by Gasteiger charge is 2.23. The number of methoxy groups -OCH3 is 1. The van der Waals surface area contributed by atoms with Gasteiger partial charge in [-0.3, -0.25) is 4.79 Å². The van der Waals surface area contributed by atoms with Gasteiger partial charge in [0.25, 0.3) is 0 Å². The molecule has 1 N–H and O–H groups in total. The Morgan fingerprint density at radius 1 is 1.43 bits per heavy atom. The SMILES string of the molecule is COc1ccc(Cl)cc1CN(C)C(=O)CC(C)C1CCNCC1. The van der Waals surface area contributed by atoms with Crippen LogP contribution in [0, 0.1) is 11.8 Å². The summed E-state index contributed by atoms with van der Waals surface area (Å²) in [6.07, 6.45) is 2.94. The molecule has 1 heterocycles. The Kier molecular flexibility index (Phi) is 6.72. The molecule has 1 amide bonds. The number of rotatable bonds is 6. The molecule has 0 aliphatic carbocycles. The third kappa shape index (κ3) is 5.11. The quantitative estimate of drug-likeness (QED) is 0.865. The Morgan fingerprint density at radius 2 is 2.13 bits per heavy atom. The maximum absolute atomic E-state index is 12.5. The van der Waals surface area contributed by atoms with Crippen LogP contribution in [0.5, 0.6) is 5.75 Å². The summed E-state index contributed by atoms with van der Waals surface area (Å²) < 4.78 is 5.35. The number of piperidine rings is 1. The highest BCUT2D eigenvalue weighted by atomic mass is 35.5. The molecule has 0 aromatic heterocycles. The predicted molar refractivity (Wildman–Crippen MR) is 93.9 cm³/mol. The topological polar surface area (TPSA) is 41.6 Å². The number of nitrogens with one attached hydrogen (secondary N) is 1. The molecule has 1 unspecified atom stereocenters. The molecule has 2 rings (SSSR count). The van der Waals surface area contributed by atoms with Gasteiger partial charge >= 0.3 is 0 Å². The van der Waals surface area contributed by atoms with Crippen molar-refractivity contribution < 1.29 is 9.53 Å². The first kappa shape index (κ1) is 18.1. The molecule has 1 aromatic rings. The molecule has 0 radical (unpaired) electrons. The van der Waals surface area contributed by atoms with Crippen LogP contribution in [0.3, 0.4) is 0 Å². The number of hydrogen-bond acceptors (Lipinski definition) is 3. The number of halogens is 1. The van der Waals surface area contributed by atoms with Crippen LogP contribution < -0.4 is 10.1 Å². The fourth-order valence-electron chi connectivity index (χ4n) is 3.23. The van der Waals surface area contributed by atoms with Crippen molar-refractivity contribution in [2.24, 2.45) is 11.8 Å². The summed E-state index contributed by atoms with van der Waals surface area (Å²) in [5, 5.41) is 4.03. The van der Waals surface area contributed by atoms with Crippen LogP contribution in [0.4, 0.5) is 0 Å². The Hall–Kier alpha value is -1.26. The maximum Gasteiger partial charge on any atom is 0.222 e. The summed E-state index contributed by atoms with van der Waals surface area (Å²) in [5.41, 5.74) is 0.936. The van der Waals surface area contributed by atoms with Gasteiger partial charge in [-0.2, -0.15) is 0 Å². The zero-order valence-corrected chi connectivity index (χ0v) is 15.0. The second-order valence-electron chi connectivity index (χ2n) is 6.47. The molecule has 0 spiro atoms. The molecule has 1 fully saturated rings. The second-order valence-corrected chi connectivity index (χ2v) is 6.91. The lowest BCUT2D eigenvalue weighted by Gasteiger charge is -2.29. The standard InChI is InChI=1S/C18H27ClN2O2/c1-13(14-6-8-20-9-7-14)10-18(22)21(2)12-15-11-16(19)4-5-17(15)23-3/h4-5,11,13-14,20H,6-10,12H2,1-3H3. The van der Waals surface area contributed by atoms with Crippen LogP contribution in [0.15, 0.2) is 18.2 Å². The summed E-state index contributed by atoms with van der Waals surface area (Å²) in [6, 6.07) is 5.50. The Morgan fingerprint density at radius 3 is 2.78 bits per heavy atom. The van der Waals surface area contributed by atoms with Crippen molar-refractivity contribution in [3.05, 3.63) is 28.8 Å². The average molecular weight is 339 g/mol. The van der Waals surface area contributed by atoms with Crippen LogP contribution >= 0.6 is 11.6 Å². The zero-order chi connectivity index (χ0) is 16.8. The van der Waals surface area contributed by atoms with Gasteiger partial charge in [-0.1, -0.05) is 18.5 Å². The van der Waals surface area contributed by atoms with E-state index in [1.807, 2.05) is 19.2 Å². The lowest BCUT2D eigenvalue weighted by atomic mass is 9.84. The largest absolute Gasteiger partial charge is 0.496 e. The number of amides is 1. The molecule has 5 heteroatoms. The molecule has 4 nitrogen and oxygen atoms in total. The lowest BCUT2D eigenvalue weighted by Crippen LogP contribution is -2.34. The van der Waals surface area contributed by atoms with E-state index in [-0.39, 0.29) is 5.91 Å². The average Bonchev–Trinajstić information content (AvgIpc) is 2.55. The van der Waals surface area contributed by atoms with Gasteiger partial charge in [0.2, 0.25) is 5.91 Å². The highest BCUT2D eigenvalue weighted by molar-refractivity contribution is 6.30. The van der Waals surface area contributed by atoms with Gasteiger partial charge in [0.15, 0.2) is 0 Å². The first-order valence-corrected chi connectivity index (χ1v) is 8.66. The molecule has 0 saturated carbocycles. The molecule has 1 aliphatic rings. The van der Waals surface area contributed by atoms with Crippen molar-refractivity contribution in [2.75, 3.05) is 27.2 Å². The fourth-order valence-corrected chi connectivity index (χ4v) is 3.42. The van der Waals surface area contributed by atoms with Crippen LogP contribution in [0.25, 0.3) is 0 Å². The third-order valence-electron chi connectivity index (χ3n) is 4.76. The number of benzene rings is 1. The van der Waals surface area contributed by atoms with Crippen LogP contribution in [0.2, 0.25) is 5.02 Å². The number of carbonyl (C=O) groups is 1. The van der Waals surface area contributed by atoms with Crippen molar-refractivity contribution in [1.29, 1.82) is 0 Å². The maximum atomic E-state index is 12.5. The van der Waals surface area contributed by atoms with E-state index in [4.69, 9.17) is 16.3 Å². The number of nitrogens with zero attached hydrogens (tertiary/aromatic N) is 1. The summed E-state index contributed by atoms with van der Waals surface area (Å²) in [6.45, 7) is 4.85. The summed E-state index contributed by atoms with van der Waals surface area (Å²) in [5.74, 6) is 2.01. The van der Waals surface area contributed by atoms with Crippen molar-refractivity contribution in [3.8, 4) is 5.75 Å². The van der Waals surface area contributed by atoms with Crippen molar-refractivity contribution in [2.45, 2.75) is 32.7 Å². The van der Waals surface area contributed by atoms with E-state index in [0.29, 0.717) is 29.8 Å². The Labute approximate surface area is 144 Å². The number of carbonyl (C=O) groups excluding carboxylic acids is 1. The first-order chi connectivity index (χ1) is 11.0. The fraction of sp³-hybridized carbons (Fsp3) is 0.611. The monoisotopic (exact) mass is 338 g/mol. The molecule has 23 heavy (non-hydrogen) atoms. The smallest absolute Gasteiger partial charge is 0.222 e. The lowest BCUT2D eigenvalue weighted by molar-refractivity contribution is -0.131. The van der Waals surface area contributed by atoms with Gasteiger partial charge in [0, 0.05) is 30.6 Å². The molecule has 128 valence electrons. The van der Waals surface area contributed by atoms with Crippen LogP contribution in [-0.4, -0.2) is 38.1 Å². The predicted octanol–water partition coefficient (Wildman–Crippen LogP) is 3.33. The van der Waals surface area contributed by atoms with Crippen LogP contribution in [0.1, 0.15) is 31.7 Å². The number of ether oxygens (including phenoxy) is 1. The second kappa shape index (κ2) is 8.55. The van der Waals surface area contributed by atoms with Crippen LogP contribution in [-0.2, 0) is 11.3 Å². The highest BCUT2D eigenvalue weighted by Crippen LogP contribution is 2.26. The van der Waals surface area contributed by atoms with E-state index in [9.17, 15) is 4.79 Å². The van der Waals surface area contributed by atoms with Gasteiger partial charge in [0.05, 0.1) is 7.11 Å². The van der Waals surface area contributed by atoms with E-state index in [1.54, 1.807) is 18.1 Å². The molecular formula is C18H27ClN2O2. The molecule has 0 bridgehead atoms. The minimum Gasteiger partial charge on any atom is -0.496 e. The first-order valence-electron chi connectivity index (χ1n) is 8.28. The molecule has 1 atom stereocenters. The zero-order valence-electron chi connectivity index (χ0n) is 14.3. The van der Waals surface area contributed by atoms with Crippen molar-refractivity contribution >= 4 is 17.5 Å². The molecule has 1 aliphatic heterocycles. The summed E-state index contributed by atoms with van der Waals surface area (Å²) in [7, 11) is 3.48. The normalized spacial score (nSPS) is 16.9. The summed E-state index contributed by atoms with van der Waals surface area (Å²) in [4.78, 5) is 14.3. The Bertz CT molecular complexity index is 530. The van der Waals surface area contributed by atoms with E-state index >= 15 is 0 Å². The number of hydrogen-bond donors (Lipinski definition) is 1. The van der Waals surface area contributed by atoms with E-state index < -0.39 is 0 Å². The van der Waals surface area contributed by atoms with Gasteiger partial charge < -0.3 is 15.0 Å². The third-order valence-corrected chi connectivity index (χ3v) is 5.00. The van der Waals surface area contributed by atoms with Crippen molar-refractivity contribution in [3.63, 3.8) is 0 Å². The van der Waals surface area contributed by atoms with Gasteiger partial charge in [-0.15, -0.1) is 0 Å². The summed E-state index contributed by atoms with van der Waals surface area (Å²) >= 11 is 6.06. The van der Waals surface area contributed by atoms with E-state index in [2.05, 4.69) is 12.2 Å². The van der Waals surface area contributed by atoms with Gasteiger partial charge in [-0.05, 0) is 56.0 Å². The van der Waals surface area contributed by atoms with E-state index in [0.717, 1.165) is 24.4 Å². The van der Waals surface area contributed by atoms with Crippen molar-refractivity contribution in [1.82, 2.24) is 10.2 Å².